The average molecular weight is 407 g/mol. The van der Waals surface area contributed by atoms with Crippen LogP contribution in [-0.4, -0.2) is 22.1 Å². The Kier molecular flexibility index (Phi) is 5.35. The molecule has 0 saturated heterocycles. The summed E-state index contributed by atoms with van der Waals surface area (Å²) in [6.07, 6.45) is 3.37. The van der Waals surface area contributed by atoms with Gasteiger partial charge in [-0.25, -0.2) is 9.37 Å². The number of nitrogens with zero attached hydrogens (tertiary/aromatic N) is 2. The van der Waals surface area contributed by atoms with E-state index < -0.39 is 11.2 Å². The average Bonchev–Trinajstić information content (AvgIpc) is 3.51. The highest BCUT2D eigenvalue weighted by Crippen LogP contribution is 2.55. The third-order valence-corrected chi connectivity index (χ3v) is 5.51. The Hall–Kier alpha value is -3.48. The van der Waals surface area contributed by atoms with Crippen LogP contribution in [0.5, 0.6) is 5.75 Å². The van der Waals surface area contributed by atoms with Gasteiger partial charge in [-0.1, -0.05) is 30.3 Å². The number of rotatable bonds is 7. The lowest BCUT2D eigenvalue weighted by Gasteiger charge is -2.19. The molecule has 7 heteroatoms. The molecule has 2 atom stereocenters. The number of hydrogen-bond donors (Lipinski definition) is 1. The fourth-order valence-corrected chi connectivity index (χ4v) is 3.70. The van der Waals surface area contributed by atoms with E-state index in [0.717, 1.165) is 11.8 Å². The summed E-state index contributed by atoms with van der Waals surface area (Å²) in [5, 5.41) is 2.76. The molecule has 1 aliphatic rings. The molecule has 1 aliphatic carbocycles. The number of aryl methyl sites for hydroxylation is 1. The van der Waals surface area contributed by atoms with Crippen molar-refractivity contribution in [2.45, 2.75) is 25.3 Å². The molecule has 2 aromatic heterocycles. The van der Waals surface area contributed by atoms with Crippen molar-refractivity contribution >= 4 is 11.7 Å². The Morgan fingerprint density at radius 3 is 2.73 bits per heavy atom. The normalized spacial score (nSPS) is 19.9. The highest BCUT2D eigenvalue weighted by atomic mass is 19.1. The number of halogens is 1. The summed E-state index contributed by atoms with van der Waals surface area (Å²) < 4.78 is 20.7. The molecule has 0 bridgehead atoms. The summed E-state index contributed by atoms with van der Waals surface area (Å²) in [6, 6.07) is 15.6. The first-order valence-electron chi connectivity index (χ1n) is 9.83. The zero-order valence-corrected chi connectivity index (χ0v) is 16.5. The molecule has 1 aromatic carbocycles. The second kappa shape index (κ2) is 8.10. The summed E-state index contributed by atoms with van der Waals surface area (Å²) in [5.74, 6) is -0.0481. The Labute approximate surface area is 173 Å². The number of anilines is 1. The van der Waals surface area contributed by atoms with E-state index in [9.17, 15) is 14.0 Å². The number of pyridine rings is 2. The van der Waals surface area contributed by atoms with E-state index in [1.165, 1.54) is 18.2 Å². The van der Waals surface area contributed by atoms with Crippen LogP contribution in [0.25, 0.3) is 0 Å². The molecule has 154 valence electrons. The first kappa shape index (κ1) is 19.8. The number of carbonyl (C=O) groups is 1. The molecule has 1 N–H and O–H groups in total. The van der Waals surface area contributed by atoms with Gasteiger partial charge in [0, 0.05) is 24.2 Å². The van der Waals surface area contributed by atoms with Crippen molar-refractivity contribution in [1.29, 1.82) is 0 Å². The molecular weight excluding hydrogens is 385 g/mol. The standard InChI is InChI=1S/C23H22FN3O3/c1-2-27-14-18(9-11-21(27)28)30-15-23(16-6-4-3-5-7-16)12-19(23)22(29)26-20-10-8-17(24)13-25-20/h3-11,13-14,19H,2,12,15H2,1H3,(H,25,26,29). The molecule has 1 amide bonds. The molecular formula is C23H22FN3O3. The molecule has 6 nitrogen and oxygen atoms in total. The Morgan fingerprint density at radius 1 is 1.23 bits per heavy atom. The van der Waals surface area contributed by atoms with Gasteiger partial charge >= 0.3 is 0 Å². The molecule has 0 radical (unpaired) electrons. The first-order chi connectivity index (χ1) is 14.5. The largest absolute Gasteiger partial charge is 0.491 e. The van der Waals surface area contributed by atoms with Crippen LogP contribution in [0.2, 0.25) is 0 Å². The van der Waals surface area contributed by atoms with Crippen LogP contribution >= 0.6 is 0 Å². The minimum absolute atomic E-state index is 0.0851. The quantitative estimate of drug-likeness (QED) is 0.652. The van der Waals surface area contributed by atoms with Crippen LogP contribution in [0.15, 0.2) is 71.8 Å². The van der Waals surface area contributed by atoms with Gasteiger partial charge in [0.2, 0.25) is 5.91 Å². The molecule has 2 heterocycles. The third-order valence-electron chi connectivity index (χ3n) is 5.51. The summed E-state index contributed by atoms with van der Waals surface area (Å²) in [7, 11) is 0. The third kappa shape index (κ3) is 3.96. The Bertz CT molecular complexity index is 1100. The topological polar surface area (TPSA) is 73.2 Å². The Morgan fingerprint density at radius 2 is 2.03 bits per heavy atom. The molecule has 1 fully saturated rings. The SMILES string of the molecule is CCn1cc(OCC2(c3ccccc3)CC2C(=O)Nc2ccc(F)cn2)ccc1=O. The highest BCUT2D eigenvalue weighted by molar-refractivity contribution is 5.95. The van der Waals surface area contributed by atoms with Gasteiger partial charge in [0.05, 0.1) is 18.7 Å². The number of hydrogen-bond acceptors (Lipinski definition) is 4. The lowest BCUT2D eigenvalue weighted by molar-refractivity contribution is -0.117. The second-order valence-corrected chi connectivity index (χ2v) is 7.41. The van der Waals surface area contributed by atoms with Crippen LogP contribution in [0.3, 0.4) is 0 Å². The Balaban J connectivity index is 1.53. The van der Waals surface area contributed by atoms with Crippen molar-refractivity contribution < 1.29 is 13.9 Å². The van der Waals surface area contributed by atoms with Crippen molar-refractivity contribution in [2.75, 3.05) is 11.9 Å². The summed E-state index contributed by atoms with van der Waals surface area (Å²) >= 11 is 0. The number of aromatic nitrogens is 2. The van der Waals surface area contributed by atoms with Crippen molar-refractivity contribution in [3.8, 4) is 5.75 Å². The second-order valence-electron chi connectivity index (χ2n) is 7.41. The molecule has 0 spiro atoms. The van der Waals surface area contributed by atoms with Crippen LogP contribution in [0.1, 0.15) is 18.9 Å². The zero-order chi connectivity index (χ0) is 21.1. The van der Waals surface area contributed by atoms with Gasteiger partial charge in [-0.3, -0.25) is 9.59 Å². The summed E-state index contributed by atoms with van der Waals surface area (Å²) in [5.41, 5.74) is 0.456. The lowest BCUT2D eigenvalue weighted by Crippen LogP contribution is -2.27. The van der Waals surface area contributed by atoms with Crippen LogP contribution in [0.4, 0.5) is 10.2 Å². The summed E-state index contributed by atoms with van der Waals surface area (Å²) in [6.45, 7) is 2.74. The number of amides is 1. The van der Waals surface area contributed by atoms with Crippen LogP contribution in [0, 0.1) is 11.7 Å². The molecule has 0 aliphatic heterocycles. The monoisotopic (exact) mass is 407 g/mol. The predicted octanol–water partition coefficient (Wildman–Crippen LogP) is 3.38. The number of benzene rings is 1. The van der Waals surface area contributed by atoms with E-state index in [0.29, 0.717) is 31.1 Å². The molecule has 2 unspecified atom stereocenters. The van der Waals surface area contributed by atoms with Gasteiger partial charge < -0.3 is 14.6 Å². The smallest absolute Gasteiger partial charge is 0.250 e. The summed E-state index contributed by atoms with van der Waals surface area (Å²) in [4.78, 5) is 28.6. The van der Waals surface area contributed by atoms with E-state index in [1.807, 2.05) is 37.3 Å². The number of carbonyl (C=O) groups excluding carboxylic acids is 1. The van der Waals surface area contributed by atoms with E-state index in [1.54, 1.807) is 16.8 Å². The van der Waals surface area contributed by atoms with Crippen LogP contribution < -0.4 is 15.6 Å². The highest BCUT2D eigenvalue weighted by Gasteiger charge is 2.60. The molecule has 1 saturated carbocycles. The van der Waals surface area contributed by atoms with Gasteiger partial charge in [-0.05, 0) is 37.1 Å². The molecule has 3 aromatic rings. The van der Waals surface area contributed by atoms with Gasteiger partial charge in [-0.2, -0.15) is 0 Å². The van der Waals surface area contributed by atoms with Gasteiger partial charge in [0.1, 0.15) is 17.4 Å². The molecule has 4 rings (SSSR count). The zero-order valence-electron chi connectivity index (χ0n) is 16.5. The predicted molar refractivity (Wildman–Crippen MR) is 111 cm³/mol. The van der Waals surface area contributed by atoms with Crippen molar-refractivity contribution in [1.82, 2.24) is 9.55 Å². The van der Waals surface area contributed by atoms with Crippen molar-refractivity contribution in [3.05, 3.63) is 88.7 Å². The van der Waals surface area contributed by atoms with Crippen LogP contribution in [-0.2, 0) is 16.8 Å². The van der Waals surface area contributed by atoms with Gasteiger partial charge in [0.25, 0.3) is 5.56 Å². The molecule has 30 heavy (non-hydrogen) atoms. The van der Waals surface area contributed by atoms with Crippen molar-refractivity contribution in [2.24, 2.45) is 5.92 Å². The lowest BCUT2D eigenvalue weighted by atomic mass is 9.93. The number of ether oxygens (including phenoxy) is 1. The minimum Gasteiger partial charge on any atom is -0.491 e. The van der Waals surface area contributed by atoms with E-state index in [-0.39, 0.29) is 17.4 Å². The van der Waals surface area contributed by atoms with Gasteiger partial charge in [-0.15, -0.1) is 0 Å². The maximum Gasteiger partial charge on any atom is 0.250 e. The maximum absolute atomic E-state index is 13.1. The minimum atomic E-state index is -0.474. The van der Waals surface area contributed by atoms with Gasteiger partial charge in [0.15, 0.2) is 0 Å². The fraction of sp³-hybridized carbons (Fsp3) is 0.261. The fourth-order valence-electron chi connectivity index (χ4n) is 3.70. The van der Waals surface area contributed by atoms with E-state index in [4.69, 9.17) is 4.74 Å². The van der Waals surface area contributed by atoms with E-state index in [2.05, 4.69) is 10.3 Å². The first-order valence-corrected chi connectivity index (χ1v) is 9.83. The van der Waals surface area contributed by atoms with E-state index >= 15 is 0 Å². The van der Waals surface area contributed by atoms with Crippen molar-refractivity contribution in [3.63, 3.8) is 0 Å². The maximum atomic E-state index is 13.1. The number of nitrogens with one attached hydrogen (secondary N) is 1.